The molecule has 6 aromatic rings. The van der Waals surface area contributed by atoms with Gasteiger partial charge in [0.25, 0.3) is 0 Å². The van der Waals surface area contributed by atoms with Gasteiger partial charge in [0, 0.05) is 79.8 Å². The monoisotopic (exact) mass is 1110 g/mol. The van der Waals surface area contributed by atoms with Gasteiger partial charge in [0.2, 0.25) is 17.7 Å². The van der Waals surface area contributed by atoms with Crippen LogP contribution in [-0.2, 0) is 32.1 Å². The second-order valence-electron chi connectivity index (χ2n) is 22.8. The largest absolute Gasteiger partial charge is 0.490 e. The van der Waals surface area contributed by atoms with E-state index in [4.69, 9.17) is 34.9 Å². The van der Waals surface area contributed by atoms with E-state index >= 15 is 0 Å². The van der Waals surface area contributed by atoms with E-state index in [0.717, 1.165) is 120 Å². The number of amides is 3. The van der Waals surface area contributed by atoms with Crippen molar-refractivity contribution >= 4 is 62.1 Å². The van der Waals surface area contributed by atoms with Crippen molar-refractivity contribution in [3.63, 3.8) is 0 Å². The van der Waals surface area contributed by atoms with E-state index < -0.39 is 17.4 Å². The van der Waals surface area contributed by atoms with E-state index in [1.165, 1.54) is 16.8 Å². The Hall–Kier alpha value is -7.17. The lowest BCUT2D eigenvalue weighted by atomic mass is 9.69. The number of carbonyl (C=O) groups is 3. The van der Waals surface area contributed by atoms with Crippen LogP contribution in [0.15, 0.2) is 96.9 Å². The maximum atomic E-state index is 14.5. The van der Waals surface area contributed by atoms with Crippen LogP contribution in [0.5, 0.6) is 11.8 Å². The Morgan fingerprint density at radius 1 is 0.877 bits per heavy atom. The molecule has 17 nitrogen and oxygen atoms in total. The number of hydrogen-bond donors (Lipinski definition) is 2. The standard InChI is InChI=1S/C63H75N11O6S/c1-5-55(75)74-31-30-72(36-45(74)24-27-64)58-50-26-29-71(53-21-13-18-41-14-9-11-19-48(41)53)38-51(50)68-62(69-58)80-39-46-34-47(37-70(46)4)78-32-33-79-54-23-22-42-15-10-12-20-49(42)56(54)52-40-81-59(67-52)44-25-28-73(35-44)60(76)57(43-16-7-6-8-17-43)63(2,66-3)61(65)77/h5,9-15,18-23,40,43-47,57,66H,1,6-8,16-17,24-26,28-39H2,2-4H3,(H2,65,77)/t44?,45-,46-,47+,57+,63-/m0/s1. The minimum absolute atomic E-state index is 0.00965. The Morgan fingerprint density at radius 3 is 2.43 bits per heavy atom. The van der Waals surface area contributed by atoms with Crippen LogP contribution in [0, 0.1) is 23.2 Å². The summed E-state index contributed by atoms with van der Waals surface area (Å²) in [5, 5.41) is 20.6. The SMILES string of the molecule is C=CC(=O)N1CCN(c2nc(OC[C@@H]3C[C@@H](OCCOc4ccc5ccccc5c4-c4csc(C5CCN(C(=O)[C@@H](C6CCCCC6)[C@](C)(NC)C(N)=O)C5)n4)CN3C)nc3c2CCN(c2cccc4ccccc24)C3)C[C@@H]1CC#N. The molecule has 3 amide bonds. The van der Waals surface area contributed by atoms with Crippen LogP contribution in [0.2, 0.25) is 0 Å². The maximum absolute atomic E-state index is 14.5. The Labute approximate surface area is 479 Å². The molecule has 11 rings (SSSR count). The Balaban J connectivity index is 0.741. The van der Waals surface area contributed by atoms with Crippen LogP contribution in [-0.4, -0.2) is 151 Å². The Morgan fingerprint density at radius 2 is 1.65 bits per heavy atom. The smallest absolute Gasteiger partial charge is 0.318 e. The number of benzene rings is 4. The van der Waals surface area contributed by atoms with Crippen molar-refractivity contribution in [1.82, 2.24) is 35.0 Å². The number of rotatable bonds is 19. The maximum Gasteiger partial charge on any atom is 0.318 e. The summed E-state index contributed by atoms with van der Waals surface area (Å²) >= 11 is 1.62. The summed E-state index contributed by atoms with van der Waals surface area (Å²) in [7, 11) is 3.83. The zero-order valence-corrected chi connectivity index (χ0v) is 47.8. The molecule has 4 aromatic carbocycles. The minimum atomic E-state index is -1.14. The number of piperazine rings is 1. The summed E-state index contributed by atoms with van der Waals surface area (Å²) in [6, 6.07) is 29.6. The molecule has 4 fully saturated rings. The number of nitriles is 1. The van der Waals surface area contributed by atoms with E-state index in [1.807, 2.05) is 23.1 Å². The normalized spacial score (nSPS) is 21.9. The highest BCUT2D eigenvalue weighted by molar-refractivity contribution is 7.10. The number of carbonyl (C=O) groups excluding carboxylic acids is 3. The van der Waals surface area contributed by atoms with Crippen molar-refractivity contribution in [1.29, 1.82) is 5.26 Å². The molecular formula is C63H75N11O6S. The molecule has 6 atom stereocenters. The molecule has 6 heterocycles. The molecule has 5 aliphatic rings. The lowest BCUT2D eigenvalue weighted by Crippen LogP contribution is -2.63. The second kappa shape index (κ2) is 24.5. The van der Waals surface area contributed by atoms with E-state index in [2.05, 4.69) is 106 Å². The molecule has 1 aliphatic carbocycles. The van der Waals surface area contributed by atoms with E-state index in [1.54, 1.807) is 30.2 Å². The molecule has 0 radical (unpaired) electrons. The fourth-order valence-electron chi connectivity index (χ4n) is 13.4. The number of fused-ring (bicyclic) bond motifs is 3. The first-order valence-corrected chi connectivity index (χ1v) is 29.8. The van der Waals surface area contributed by atoms with Crippen LogP contribution in [0.25, 0.3) is 32.8 Å². The second-order valence-corrected chi connectivity index (χ2v) is 23.7. The Kier molecular flexibility index (Phi) is 16.9. The molecular weight excluding hydrogens is 1040 g/mol. The highest BCUT2D eigenvalue weighted by Crippen LogP contribution is 2.43. The van der Waals surface area contributed by atoms with Crippen molar-refractivity contribution in [3.05, 3.63) is 113 Å². The van der Waals surface area contributed by atoms with Crippen molar-refractivity contribution in [2.45, 2.75) is 101 Å². The van der Waals surface area contributed by atoms with Crippen LogP contribution in [0.1, 0.15) is 80.5 Å². The quantitative estimate of drug-likeness (QED) is 0.0583. The molecule has 4 aliphatic heterocycles. The van der Waals surface area contributed by atoms with Gasteiger partial charge in [0.05, 0.1) is 65.7 Å². The summed E-state index contributed by atoms with van der Waals surface area (Å²) < 4.78 is 19.7. The molecule has 0 bridgehead atoms. The third kappa shape index (κ3) is 11.6. The number of ether oxygens (including phenoxy) is 3. The summed E-state index contributed by atoms with van der Waals surface area (Å²) in [5.41, 5.74) is 9.79. The van der Waals surface area contributed by atoms with Crippen LogP contribution < -0.4 is 30.3 Å². The predicted molar refractivity (Wildman–Crippen MR) is 316 cm³/mol. The summed E-state index contributed by atoms with van der Waals surface area (Å²) in [5.74, 6) is 0.536. The zero-order chi connectivity index (χ0) is 56.2. The molecule has 1 saturated carbocycles. The highest BCUT2D eigenvalue weighted by Gasteiger charge is 2.50. The first-order valence-electron chi connectivity index (χ1n) is 28.9. The van der Waals surface area contributed by atoms with Gasteiger partial charge >= 0.3 is 6.01 Å². The molecule has 2 aromatic heterocycles. The third-order valence-corrected chi connectivity index (χ3v) is 19.0. The average Bonchev–Trinajstić information content (AvgIpc) is 4.35. The van der Waals surface area contributed by atoms with Crippen LogP contribution >= 0.6 is 11.3 Å². The topological polar surface area (TPSA) is 196 Å². The van der Waals surface area contributed by atoms with Gasteiger partial charge in [-0.05, 0) is 93.4 Å². The fraction of sp³-hybridized carbons (Fsp3) is 0.476. The number of thiazole rings is 1. The summed E-state index contributed by atoms with van der Waals surface area (Å²) in [4.78, 5) is 66.3. The number of nitrogens with two attached hydrogens (primary N) is 1. The number of likely N-dealkylation sites (N-methyl/N-ethyl adjacent to an activating group) is 2. The molecule has 3 saturated heterocycles. The number of anilines is 2. The lowest BCUT2D eigenvalue weighted by molar-refractivity contribution is -0.145. The van der Waals surface area contributed by atoms with Gasteiger partial charge in [0.1, 0.15) is 30.3 Å². The fourth-order valence-corrected chi connectivity index (χ4v) is 14.4. The Bertz CT molecular complexity index is 3320. The van der Waals surface area contributed by atoms with Gasteiger partial charge in [-0.25, -0.2) is 4.98 Å². The molecule has 1 unspecified atom stereocenters. The number of nitrogens with zero attached hydrogens (tertiary/aromatic N) is 9. The van der Waals surface area contributed by atoms with Crippen LogP contribution in [0.3, 0.4) is 0 Å². The minimum Gasteiger partial charge on any atom is -0.490 e. The van der Waals surface area contributed by atoms with E-state index in [-0.39, 0.29) is 48.3 Å². The molecule has 0 spiro atoms. The molecule has 3 N–H and O–H groups in total. The highest BCUT2D eigenvalue weighted by atomic mass is 32.1. The van der Waals surface area contributed by atoms with E-state index in [9.17, 15) is 19.6 Å². The molecule has 18 heteroatoms. The lowest BCUT2D eigenvalue weighted by Gasteiger charge is -2.42. The van der Waals surface area contributed by atoms with Crippen molar-refractivity contribution in [2.24, 2.45) is 17.6 Å². The van der Waals surface area contributed by atoms with Gasteiger partial charge in [-0.1, -0.05) is 92.6 Å². The summed E-state index contributed by atoms with van der Waals surface area (Å²) in [6.07, 6.45) is 8.88. The van der Waals surface area contributed by atoms with Gasteiger partial charge in [0.15, 0.2) is 0 Å². The average molecular weight is 1110 g/mol. The van der Waals surface area contributed by atoms with Gasteiger partial charge in [-0.3, -0.25) is 19.3 Å². The number of hydrogen-bond acceptors (Lipinski definition) is 15. The van der Waals surface area contributed by atoms with Gasteiger partial charge in [-0.2, -0.15) is 15.2 Å². The predicted octanol–water partition coefficient (Wildman–Crippen LogP) is 8.11. The first-order chi connectivity index (χ1) is 39.4. The van der Waals surface area contributed by atoms with Crippen molar-refractivity contribution in [3.8, 4) is 29.1 Å². The van der Waals surface area contributed by atoms with Gasteiger partial charge in [-0.15, -0.1) is 11.3 Å². The van der Waals surface area contributed by atoms with Gasteiger partial charge < -0.3 is 44.9 Å². The first kappa shape index (κ1) is 55.7. The number of likely N-dealkylation sites (tertiary alicyclic amines) is 2. The molecule has 424 valence electrons. The summed E-state index contributed by atoms with van der Waals surface area (Å²) in [6.45, 7) is 11.3. The van der Waals surface area contributed by atoms with Crippen LogP contribution in [0.4, 0.5) is 11.5 Å². The van der Waals surface area contributed by atoms with E-state index in [0.29, 0.717) is 65.1 Å². The number of primary amides is 1. The zero-order valence-electron chi connectivity index (χ0n) is 46.9. The van der Waals surface area contributed by atoms with Crippen molar-refractivity contribution < 1.29 is 28.6 Å². The third-order valence-electron chi connectivity index (χ3n) is 18.0. The van der Waals surface area contributed by atoms with Crippen molar-refractivity contribution in [2.75, 3.05) is 89.5 Å². The number of aromatic nitrogens is 3. The number of nitrogens with one attached hydrogen (secondary N) is 1. The molecule has 81 heavy (non-hydrogen) atoms.